The number of phenolic OH excluding ortho intramolecular Hbond substituents is 1. The second-order valence-corrected chi connectivity index (χ2v) is 3.89. The molecular formula is C12H18N4O2. The molecule has 2 amide bonds. The topological polar surface area (TPSA) is 97.2 Å². The number of urea groups is 1. The number of phenols is 1. The average Bonchev–Trinajstić information content (AvgIpc) is 2.30. The highest BCUT2D eigenvalue weighted by molar-refractivity contribution is 6.02. The highest BCUT2D eigenvalue weighted by atomic mass is 16.3. The summed E-state index contributed by atoms with van der Waals surface area (Å²) < 4.78 is 0. The molecule has 98 valence electrons. The van der Waals surface area contributed by atoms with Crippen molar-refractivity contribution in [1.82, 2.24) is 10.6 Å². The SMILES string of the molecule is CCNC(=N)NC(=O)Nc1c(C)ccc(O)c1C. The Bertz CT molecular complexity index is 471. The van der Waals surface area contributed by atoms with Gasteiger partial charge in [0.25, 0.3) is 0 Å². The molecule has 1 aromatic carbocycles. The molecule has 0 aliphatic carbocycles. The smallest absolute Gasteiger partial charge is 0.326 e. The standard InChI is InChI=1S/C12H18N4O2/c1-4-14-11(13)16-12(18)15-10-7(2)5-6-9(17)8(10)3/h5-6,17H,4H2,1-3H3,(H4,13,14,15,16,18). The van der Waals surface area contributed by atoms with Gasteiger partial charge in [0.15, 0.2) is 5.96 Å². The van der Waals surface area contributed by atoms with Gasteiger partial charge in [0.1, 0.15) is 5.75 Å². The molecule has 0 saturated carbocycles. The first-order chi connectivity index (χ1) is 8.45. The van der Waals surface area contributed by atoms with Crippen molar-refractivity contribution in [2.24, 2.45) is 0 Å². The van der Waals surface area contributed by atoms with E-state index in [0.717, 1.165) is 5.56 Å². The maximum atomic E-state index is 11.6. The van der Waals surface area contributed by atoms with Crippen molar-refractivity contribution in [2.75, 3.05) is 11.9 Å². The Hall–Kier alpha value is -2.24. The predicted molar refractivity (Wildman–Crippen MR) is 71.1 cm³/mol. The first-order valence-corrected chi connectivity index (χ1v) is 5.65. The van der Waals surface area contributed by atoms with Crippen LogP contribution < -0.4 is 16.0 Å². The quantitative estimate of drug-likeness (QED) is 0.408. The van der Waals surface area contributed by atoms with Crippen molar-refractivity contribution < 1.29 is 9.90 Å². The van der Waals surface area contributed by atoms with Crippen molar-refractivity contribution >= 4 is 17.7 Å². The number of hydrogen-bond acceptors (Lipinski definition) is 3. The number of rotatable bonds is 2. The lowest BCUT2D eigenvalue weighted by atomic mass is 10.1. The van der Waals surface area contributed by atoms with Crippen LogP contribution in [0.25, 0.3) is 0 Å². The van der Waals surface area contributed by atoms with Crippen molar-refractivity contribution in [3.63, 3.8) is 0 Å². The molecule has 0 aliphatic heterocycles. The fourth-order valence-electron chi connectivity index (χ4n) is 1.51. The Kier molecular flexibility index (Phi) is 4.53. The van der Waals surface area contributed by atoms with Gasteiger partial charge in [-0.1, -0.05) is 6.07 Å². The Balaban J connectivity index is 2.76. The third-order valence-electron chi connectivity index (χ3n) is 2.48. The molecule has 0 fully saturated rings. The van der Waals surface area contributed by atoms with Crippen LogP contribution >= 0.6 is 0 Å². The van der Waals surface area contributed by atoms with E-state index in [1.807, 2.05) is 13.8 Å². The summed E-state index contributed by atoms with van der Waals surface area (Å²) in [6.07, 6.45) is 0. The number of guanidine groups is 1. The summed E-state index contributed by atoms with van der Waals surface area (Å²) in [5, 5.41) is 24.6. The van der Waals surface area contributed by atoms with Crippen LogP contribution in [0.2, 0.25) is 0 Å². The van der Waals surface area contributed by atoms with Gasteiger partial charge >= 0.3 is 6.03 Å². The Labute approximate surface area is 106 Å². The van der Waals surface area contributed by atoms with Crippen LogP contribution in [0.4, 0.5) is 10.5 Å². The molecule has 18 heavy (non-hydrogen) atoms. The molecule has 1 rings (SSSR count). The maximum Gasteiger partial charge on any atom is 0.326 e. The van der Waals surface area contributed by atoms with Gasteiger partial charge in [0.2, 0.25) is 0 Å². The highest BCUT2D eigenvalue weighted by Gasteiger charge is 2.10. The van der Waals surface area contributed by atoms with Crippen LogP contribution in [-0.2, 0) is 0 Å². The number of benzene rings is 1. The van der Waals surface area contributed by atoms with Gasteiger partial charge < -0.3 is 15.7 Å². The molecule has 5 N–H and O–H groups in total. The molecular weight excluding hydrogens is 232 g/mol. The minimum Gasteiger partial charge on any atom is -0.508 e. The first-order valence-electron chi connectivity index (χ1n) is 5.65. The molecule has 6 nitrogen and oxygen atoms in total. The van der Waals surface area contributed by atoms with E-state index < -0.39 is 6.03 Å². The van der Waals surface area contributed by atoms with Gasteiger partial charge in [-0.25, -0.2) is 4.79 Å². The van der Waals surface area contributed by atoms with E-state index in [9.17, 15) is 9.90 Å². The van der Waals surface area contributed by atoms with E-state index in [2.05, 4.69) is 16.0 Å². The summed E-state index contributed by atoms with van der Waals surface area (Å²) in [7, 11) is 0. The lowest BCUT2D eigenvalue weighted by Crippen LogP contribution is -2.42. The van der Waals surface area contributed by atoms with Crippen molar-refractivity contribution in [1.29, 1.82) is 5.41 Å². The number of amides is 2. The van der Waals surface area contributed by atoms with Crippen molar-refractivity contribution in [2.45, 2.75) is 20.8 Å². The molecule has 0 unspecified atom stereocenters. The molecule has 0 aliphatic rings. The molecule has 1 aromatic rings. The molecule has 0 atom stereocenters. The maximum absolute atomic E-state index is 11.6. The van der Waals surface area contributed by atoms with E-state index in [1.54, 1.807) is 19.1 Å². The monoisotopic (exact) mass is 250 g/mol. The van der Waals surface area contributed by atoms with Crippen LogP contribution in [0, 0.1) is 19.3 Å². The third-order valence-corrected chi connectivity index (χ3v) is 2.48. The second kappa shape index (κ2) is 5.90. The summed E-state index contributed by atoms with van der Waals surface area (Å²) in [6.45, 7) is 5.94. The van der Waals surface area contributed by atoms with Gasteiger partial charge in [-0.05, 0) is 32.4 Å². The fraction of sp³-hybridized carbons (Fsp3) is 0.333. The minimum atomic E-state index is -0.516. The van der Waals surface area contributed by atoms with E-state index in [4.69, 9.17) is 5.41 Å². The van der Waals surface area contributed by atoms with Gasteiger partial charge in [0.05, 0.1) is 5.69 Å². The summed E-state index contributed by atoms with van der Waals surface area (Å²) in [5.41, 5.74) is 1.99. The number of nitrogens with one attached hydrogen (secondary N) is 4. The van der Waals surface area contributed by atoms with Gasteiger partial charge in [-0.15, -0.1) is 0 Å². The largest absolute Gasteiger partial charge is 0.508 e. The van der Waals surface area contributed by atoms with E-state index >= 15 is 0 Å². The number of carbonyl (C=O) groups is 1. The number of aryl methyl sites for hydroxylation is 1. The zero-order valence-corrected chi connectivity index (χ0v) is 10.7. The lowest BCUT2D eigenvalue weighted by Gasteiger charge is -2.14. The van der Waals surface area contributed by atoms with Crippen LogP contribution in [0.1, 0.15) is 18.1 Å². The van der Waals surface area contributed by atoms with Gasteiger partial charge in [-0.3, -0.25) is 10.7 Å². The van der Waals surface area contributed by atoms with E-state index in [-0.39, 0.29) is 11.7 Å². The van der Waals surface area contributed by atoms with Gasteiger partial charge in [-0.2, -0.15) is 0 Å². The van der Waals surface area contributed by atoms with E-state index in [0.29, 0.717) is 17.8 Å². The Morgan fingerprint density at radius 3 is 2.67 bits per heavy atom. The summed E-state index contributed by atoms with van der Waals surface area (Å²) in [6, 6.07) is 2.78. The average molecular weight is 250 g/mol. The molecule has 0 bridgehead atoms. The van der Waals surface area contributed by atoms with Crippen LogP contribution in [0.15, 0.2) is 12.1 Å². The zero-order chi connectivity index (χ0) is 13.7. The molecule has 0 heterocycles. The molecule has 6 heteroatoms. The number of anilines is 1. The summed E-state index contributed by atoms with van der Waals surface area (Å²) in [5.74, 6) is 0.0584. The molecule has 0 radical (unpaired) electrons. The van der Waals surface area contributed by atoms with Crippen LogP contribution in [0.3, 0.4) is 0 Å². The normalized spacial score (nSPS) is 9.72. The van der Waals surface area contributed by atoms with Crippen LogP contribution in [0.5, 0.6) is 5.75 Å². The third kappa shape index (κ3) is 3.38. The lowest BCUT2D eigenvalue weighted by molar-refractivity contribution is 0.256. The van der Waals surface area contributed by atoms with Crippen molar-refractivity contribution in [3.8, 4) is 5.75 Å². The highest BCUT2D eigenvalue weighted by Crippen LogP contribution is 2.27. The molecule has 0 spiro atoms. The Morgan fingerprint density at radius 1 is 1.39 bits per heavy atom. The summed E-state index contributed by atoms with van der Waals surface area (Å²) in [4.78, 5) is 11.6. The fourth-order valence-corrected chi connectivity index (χ4v) is 1.51. The molecule has 0 aromatic heterocycles. The van der Waals surface area contributed by atoms with Gasteiger partial charge in [0, 0.05) is 12.1 Å². The zero-order valence-electron chi connectivity index (χ0n) is 10.7. The first kappa shape index (κ1) is 13.8. The van der Waals surface area contributed by atoms with Crippen molar-refractivity contribution in [3.05, 3.63) is 23.3 Å². The number of aromatic hydroxyl groups is 1. The van der Waals surface area contributed by atoms with Crippen LogP contribution in [-0.4, -0.2) is 23.6 Å². The number of hydrogen-bond donors (Lipinski definition) is 5. The second-order valence-electron chi connectivity index (χ2n) is 3.89. The predicted octanol–water partition coefficient (Wildman–Crippen LogP) is 1.67. The summed E-state index contributed by atoms with van der Waals surface area (Å²) >= 11 is 0. The van der Waals surface area contributed by atoms with E-state index in [1.165, 1.54) is 0 Å². The molecule has 0 saturated heterocycles. The minimum absolute atomic E-state index is 0.0644. The Morgan fingerprint density at radius 2 is 2.06 bits per heavy atom. The number of carbonyl (C=O) groups excluding carboxylic acids is 1.